The van der Waals surface area contributed by atoms with E-state index in [0.717, 1.165) is 4.90 Å². The molecule has 1 saturated heterocycles. The summed E-state index contributed by atoms with van der Waals surface area (Å²) in [6.45, 7) is 0.896. The Morgan fingerprint density at radius 2 is 1.69 bits per heavy atom. The van der Waals surface area contributed by atoms with Gasteiger partial charge in [-0.25, -0.2) is 4.79 Å². The molecule has 36 heavy (non-hydrogen) atoms. The first kappa shape index (κ1) is 26.7. The van der Waals surface area contributed by atoms with Crippen LogP contribution in [0.4, 0.5) is 10.5 Å². The van der Waals surface area contributed by atoms with E-state index in [1.807, 2.05) is 0 Å². The number of carboxylic acid groups (broad SMARTS) is 1. The van der Waals surface area contributed by atoms with Crippen LogP contribution in [-0.4, -0.2) is 97.9 Å². The van der Waals surface area contributed by atoms with Gasteiger partial charge in [0.15, 0.2) is 0 Å². The van der Waals surface area contributed by atoms with E-state index in [1.165, 1.54) is 18.2 Å². The minimum absolute atomic E-state index is 0.00571. The Hall–Kier alpha value is -3.88. The molecule has 0 aliphatic carbocycles. The Labute approximate surface area is 205 Å². The number of anilines is 1. The van der Waals surface area contributed by atoms with Crippen LogP contribution in [0.1, 0.15) is 33.6 Å². The summed E-state index contributed by atoms with van der Waals surface area (Å²) in [6, 6.07) is 3.29. The van der Waals surface area contributed by atoms with Crippen molar-refractivity contribution in [2.75, 3.05) is 51.5 Å². The van der Waals surface area contributed by atoms with Crippen molar-refractivity contribution >= 4 is 41.3 Å². The maximum atomic E-state index is 13.0. The van der Waals surface area contributed by atoms with Gasteiger partial charge in [0.05, 0.1) is 49.8 Å². The van der Waals surface area contributed by atoms with Crippen molar-refractivity contribution in [3.8, 4) is 0 Å². The molecule has 1 unspecified atom stereocenters. The summed E-state index contributed by atoms with van der Waals surface area (Å²) in [5.74, 6) is -3.14. The third kappa shape index (κ3) is 6.84. The zero-order chi connectivity index (χ0) is 26.1. The fourth-order valence-corrected chi connectivity index (χ4v) is 3.64. The smallest absolute Gasteiger partial charge is 0.404 e. The third-order valence-corrected chi connectivity index (χ3v) is 5.24. The molecule has 6 amide bonds. The van der Waals surface area contributed by atoms with Gasteiger partial charge in [0, 0.05) is 13.0 Å². The highest BCUT2D eigenvalue weighted by atomic mass is 16.5. The topological polar surface area (TPSA) is 190 Å². The van der Waals surface area contributed by atoms with E-state index < -0.39 is 41.7 Å². The first-order chi connectivity index (χ1) is 17.3. The van der Waals surface area contributed by atoms with Gasteiger partial charge in [0.1, 0.15) is 12.6 Å². The number of rotatable bonds is 13. The number of hydrogen-bond acceptors (Lipinski definition) is 9. The van der Waals surface area contributed by atoms with Gasteiger partial charge < -0.3 is 30.0 Å². The van der Waals surface area contributed by atoms with Crippen molar-refractivity contribution in [1.29, 1.82) is 0 Å². The van der Waals surface area contributed by atoms with E-state index in [9.17, 15) is 28.8 Å². The van der Waals surface area contributed by atoms with Crippen molar-refractivity contribution in [3.63, 3.8) is 0 Å². The number of ether oxygens (including phenoxy) is 3. The van der Waals surface area contributed by atoms with E-state index in [4.69, 9.17) is 19.3 Å². The van der Waals surface area contributed by atoms with Crippen LogP contribution in [0, 0.1) is 0 Å². The van der Waals surface area contributed by atoms with Gasteiger partial charge in [0.25, 0.3) is 11.8 Å². The van der Waals surface area contributed by atoms with Crippen molar-refractivity contribution < 1.29 is 48.1 Å². The lowest BCUT2D eigenvalue weighted by Gasteiger charge is -2.27. The second-order valence-corrected chi connectivity index (χ2v) is 7.73. The Balaban J connectivity index is 1.42. The Bertz CT molecular complexity index is 1040. The van der Waals surface area contributed by atoms with Gasteiger partial charge >= 0.3 is 6.09 Å². The number of piperidine rings is 1. The average Bonchev–Trinajstić information content (AvgIpc) is 3.08. The number of imide groups is 2. The molecule has 4 N–H and O–H groups in total. The predicted octanol–water partition coefficient (Wildman–Crippen LogP) is -0.656. The van der Waals surface area contributed by atoms with Crippen LogP contribution >= 0.6 is 0 Å². The second-order valence-electron chi connectivity index (χ2n) is 7.73. The fourth-order valence-electron chi connectivity index (χ4n) is 3.64. The standard InChI is InChI=1S/C22H26N4O10/c27-16-5-4-15(19(29)25-16)26-20(30)13-2-1-3-14(18(13)21(26)31)24-17(28)12-36-11-10-35-9-8-34-7-6-23-22(32)33/h1-3,15,23H,4-12H2,(H,24,28)(H,32,33)(H,25,27,29). The van der Waals surface area contributed by atoms with Crippen molar-refractivity contribution in [3.05, 3.63) is 29.3 Å². The molecule has 1 aromatic carbocycles. The lowest BCUT2D eigenvalue weighted by molar-refractivity contribution is -0.136. The van der Waals surface area contributed by atoms with Crippen molar-refractivity contribution in [1.82, 2.24) is 15.5 Å². The molecule has 3 rings (SSSR count). The molecule has 0 radical (unpaired) electrons. The molecule has 194 valence electrons. The van der Waals surface area contributed by atoms with Gasteiger partial charge in [-0.1, -0.05) is 6.07 Å². The average molecular weight is 506 g/mol. The van der Waals surface area contributed by atoms with E-state index in [0.29, 0.717) is 0 Å². The largest absolute Gasteiger partial charge is 0.465 e. The fraction of sp³-hybridized carbons (Fsp3) is 0.455. The summed E-state index contributed by atoms with van der Waals surface area (Å²) in [4.78, 5) is 72.8. The first-order valence-electron chi connectivity index (χ1n) is 11.1. The molecule has 1 atom stereocenters. The van der Waals surface area contributed by atoms with Gasteiger partial charge in [-0.15, -0.1) is 0 Å². The molecule has 0 bridgehead atoms. The molecule has 0 spiro atoms. The lowest BCUT2D eigenvalue weighted by atomic mass is 10.0. The molecule has 14 nitrogen and oxygen atoms in total. The van der Waals surface area contributed by atoms with Crippen LogP contribution in [0.15, 0.2) is 18.2 Å². The summed E-state index contributed by atoms with van der Waals surface area (Å²) in [7, 11) is 0. The molecule has 2 aliphatic rings. The monoisotopic (exact) mass is 506 g/mol. The van der Waals surface area contributed by atoms with E-state index in [1.54, 1.807) is 0 Å². The van der Waals surface area contributed by atoms with Gasteiger partial charge in [-0.3, -0.25) is 34.2 Å². The van der Waals surface area contributed by atoms with Crippen LogP contribution in [0.25, 0.3) is 0 Å². The van der Waals surface area contributed by atoms with E-state index in [-0.39, 0.29) is 75.8 Å². The number of fused-ring (bicyclic) bond motifs is 1. The van der Waals surface area contributed by atoms with Crippen LogP contribution < -0.4 is 16.0 Å². The molecule has 2 aliphatic heterocycles. The minimum Gasteiger partial charge on any atom is -0.465 e. The van der Waals surface area contributed by atoms with Crippen LogP contribution in [0.5, 0.6) is 0 Å². The molecular weight excluding hydrogens is 480 g/mol. The summed E-state index contributed by atoms with van der Waals surface area (Å²) in [6.07, 6.45) is -1.09. The van der Waals surface area contributed by atoms with Gasteiger partial charge in [-0.05, 0) is 18.6 Å². The summed E-state index contributed by atoms with van der Waals surface area (Å²) in [5, 5.41) is 15.2. The molecule has 0 saturated carbocycles. The predicted molar refractivity (Wildman–Crippen MR) is 120 cm³/mol. The zero-order valence-electron chi connectivity index (χ0n) is 19.2. The normalized spacial score (nSPS) is 17.1. The highest BCUT2D eigenvalue weighted by Crippen LogP contribution is 2.32. The van der Waals surface area contributed by atoms with Crippen LogP contribution in [-0.2, 0) is 28.6 Å². The molecule has 14 heteroatoms. The minimum atomic E-state index is -1.12. The third-order valence-electron chi connectivity index (χ3n) is 5.24. The Morgan fingerprint density at radius 3 is 2.39 bits per heavy atom. The zero-order valence-corrected chi connectivity index (χ0v) is 19.2. The van der Waals surface area contributed by atoms with Gasteiger partial charge in [0.2, 0.25) is 17.7 Å². The van der Waals surface area contributed by atoms with Crippen LogP contribution in [0.2, 0.25) is 0 Å². The number of benzene rings is 1. The molecular formula is C22H26N4O10. The number of amides is 6. The van der Waals surface area contributed by atoms with Crippen molar-refractivity contribution in [2.45, 2.75) is 18.9 Å². The lowest BCUT2D eigenvalue weighted by Crippen LogP contribution is -2.54. The van der Waals surface area contributed by atoms with Crippen molar-refractivity contribution in [2.24, 2.45) is 0 Å². The summed E-state index contributed by atoms with van der Waals surface area (Å²) >= 11 is 0. The summed E-state index contributed by atoms with van der Waals surface area (Å²) in [5.41, 5.74) is 0.139. The quantitative estimate of drug-likeness (QED) is 0.197. The molecule has 1 fully saturated rings. The first-order valence-corrected chi connectivity index (χ1v) is 11.1. The van der Waals surface area contributed by atoms with Crippen LogP contribution in [0.3, 0.4) is 0 Å². The number of nitrogens with one attached hydrogen (secondary N) is 3. The van der Waals surface area contributed by atoms with Gasteiger partial charge in [-0.2, -0.15) is 0 Å². The summed E-state index contributed by atoms with van der Waals surface area (Å²) < 4.78 is 15.7. The maximum absolute atomic E-state index is 13.0. The molecule has 1 aromatic rings. The van der Waals surface area contributed by atoms with E-state index in [2.05, 4.69) is 16.0 Å². The number of nitrogens with zero attached hydrogens (tertiary/aromatic N) is 1. The van der Waals surface area contributed by atoms with E-state index >= 15 is 0 Å². The number of carbonyl (C=O) groups is 6. The highest BCUT2D eigenvalue weighted by Gasteiger charge is 2.45. The Morgan fingerprint density at radius 1 is 1.00 bits per heavy atom. The molecule has 2 heterocycles. The SMILES string of the molecule is O=C(O)NCCOCCOCCOCC(=O)Nc1cccc2c1C(=O)N(C1CCC(=O)NC1=O)C2=O. The molecule has 0 aromatic heterocycles. The second kappa shape index (κ2) is 12.7. The Kier molecular flexibility index (Phi) is 9.44. The number of hydrogen-bond donors (Lipinski definition) is 4. The maximum Gasteiger partial charge on any atom is 0.404 e. The number of carbonyl (C=O) groups excluding carboxylic acids is 5. The highest BCUT2D eigenvalue weighted by molar-refractivity contribution is 6.26.